The van der Waals surface area contributed by atoms with Crippen LogP contribution < -0.4 is 0 Å². The summed E-state index contributed by atoms with van der Waals surface area (Å²) >= 11 is 6.07. The molecule has 0 aromatic carbocycles. The molecule has 0 saturated carbocycles. The highest BCUT2D eigenvalue weighted by atomic mass is 79.9. The summed E-state index contributed by atoms with van der Waals surface area (Å²) in [5.74, 6) is -0.698. The van der Waals surface area contributed by atoms with Gasteiger partial charge in [-0.15, -0.1) is 0 Å². The molecule has 7 heteroatoms. The second-order valence-electron chi connectivity index (χ2n) is 3.00. The van der Waals surface area contributed by atoms with Gasteiger partial charge in [0.25, 0.3) is 6.43 Å². The molecule has 94 valence electrons. The van der Waals surface area contributed by atoms with Crippen LogP contribution in [0.4, 0.5) is 8.78 Å². The molecule has 0 aliphatic rings. The summed E-state index contributed by atoms with van der Waals surface area (Å²) in [7, 11) is 0. The molecule has 0 bridgehead atoms. The second-order valence-corrected chi connectivity index (χ2v) is 4.42. The summed E-state index contributed by atoms with van der Waals surface area (Å²) < 4.78 is 30.7. The average molecular weight is 373 g/mol. The number of ether oxygens (including phenoxy) is 1. The first-order valence-corrected chi connectivity index (χ1v) is 6.62. The average Bonchev–Trinajstić information content (AvgIpc) is 2.27. The zero-order valence-corrected chi connectivity index (χ0v) is 12.0. The molecule has 3 nitrogen and oxygen atoms in total. The number of nitrogens with zero attached hydrogens (tertiary/aromatic N) is 1. The molecule has 1 heterocycles. The highest BCUT2D eigenvalue weighted by Gasteiger charge is 2.24. The lowest BCUT2D eigenvalue weighted by atomic mass is 10.1. The van der Waals surface area contributed by atoms with Crippen LogP contribution in [-0.4, -0.2) is 17.6 Å². The zero-order chi connectivity index (χ0) is 13.0. The number of carbonyl (C=O) groups excluding carboxylic acids is 1. The minimum absolute atomic E-state index is 0.0813. The van der Waals surface area contributed by atoms with E-state index in [1.165, 1.54) is 6.20 Å². The molecule has 0 fully saturated rings. The fourth-order valence-electron chi connectivity index (χ4n) is 1.29. The van der Waals surface area contributed by atoms with Crippen LogP contribution in [0.15, 0.2) is 10.7 Å². The summed E-state index contributed by atoms with van der Waals surface area (Å²) in [5.41, 5.74) is -0.171. The molecule has 0 aliphatic heterocycles. The summed E-state index contributed by atoms with van der Waals surface area (Å²) in [6, 6.07) is 0. The third kappa shape index (κ3) is 3.22. The van der Waals surface area contributed by atoms with Gasteiger partial charge in [-0.05, 0) is 22.9 Å². The molecule has 0 N–H and O–H groups in total. The predicted octanol–water partition coefficient (Wildman–Crippen LogP) is 3.85. The van der Waals surface area contributed by atoms with E-state index in [0.717, 1.165) is 0 Å². The summed E-state index contributed by atoms with van der Waals surface area (Å²) in [5, 5.41) is 0.104. The lowest BCUT2D eigenvalue weighted by Crippen LogP contribution is -2.12. The Bertz CT molecular complexity index is 427. The monoisotopic (exact) mass is 371 g/mol. The molecule has 1 aromatic rings. The Morgan fingerprint density at radius 1 is 1.59 bits per heavy atom. The van der Waals surface area contributed by atoms with Crippen molar-refractivity contribution in [1.29, 1.82) is 0 Å². The second kappa shape index (κ2) is 6.39. The normalized spacial score (nSPS) is 10.7. The van der Waals surface area contributed by atoms with Crippen LogP contribution in [0.3, 0.4) is 0 Å². The smallest absolute Gasteiger partial charge is 0.357 e. The lowest BCUT2D eigenvalue weighted by Gasteiger charge is -2.12. The van der Waals surface area contributed by atoms with E-state index in [0.29, 0.717) is 0 Å². The van der Waals surface area contributed by atoms with Gasteiger partial charge in [0.05, 0.1) is 6.61 Å². The van der Waals surface area contributed by atoms with E-state index in [4.69, 9.17) is 4.74 Å². The largest absolute Gasteiger partial charge is 0.461 e. The Morgan fingerprint density at radius 2 is 2.24 bits per heavy atom. The van der Waals surface area contributed by atoms with Crippen molar-refractivity contribution in [1.82, 2.24) is 4.98 Å². The highest BCUT2D eigenvalue weighted by Crippen LogP contribution is 2.33. The van der Waals surface area contributed by atoms with Crippen LogP contribution >= 0.6 is 31.9 Å². The number of alkyl halides is 3. The van der Waals surface area contributed by atoms with Gasteiger partial charge in [0.15, 0.2) is 5.69 Å². The van der Waals surface area contributed by atoms with E-state index in [1.54, 1.807) is 6.92 Å². The van der Waals surface area contributed by atoms with Crippen LogP contribution in [0.2, 0.25) is 0 Å². The van der Waals surface area contributed by atoms with Crippen LogP contribution in [0.1, 0.15) is 35.0 Å². The highest BCUT2D eigenvalue weighted by molar-refractivity contribution is 9.10. The molecular formula is C10H9Br2F2NO2. The standard InChI is InChI=1S/C10H9Br2F2NO2/c1-2-17-10(16)8-5(3-11)7(9(13)14)6(12)4-15-8/h4,9H,2-3H2,1H3. The van der Waals surface area contributed by atoms with Crippen LogP contribution in [-0.2, 0) is 10.1 Å². The third-order valence-electron chi connectivity index (χ3n) is 2.00. The topological polar surface area (TPSA) is 39.2 Å². The fraction of sp³-hybridized carbons (Fsp3) is 0.400. The van der Waals surface area contributed by atoms with Gasteiger partial charge in [0.1, 0.15) is 0 Å². The zero-order valence-electron chi connectivity index (χ0n) is 8.84. The van der Waals surface area contributed by atoms with E-state index in [-0.39, 0.29) is 33.2 Å². The molecule has 1 aromatic heterocycles. The number of carbonyl (C=O) groups is 1. The van der Waals surface area contributed by atoms with Crippen LogP contribution in [0.5, 0.6) is 0 Å². The van der Waals surface area contributed by atoms with E-state index < -0.39 is 12.4 Å². The number of pyridine rings is 1. The third-order valence-corrected chi connectivity index (χ3v) is 3.19. The van der Waals surface area contributed by atoms with Crippen molar-refractivity contribution in [3.8, 4) is 0 Å². The minimum atomic E-state index is -2.69. The van der Waals surface area contributed by atoms with Gasteiger partial charge in [-0.25, -0.2) is 18.6 Å². The van der Waals surface area contributed by atoms with Crippen molar-refractivity contribution in [2.24, 2.45) is 0 Å². The van der Waals surface area contributed by atoms with E-state index in [1.807, 2.05) is 0 Å². The van der Waals surface area contributed by atoms with Crippen LogP contribution in [0, 0.1) is 0 Å². The summed E-state index contributed by atoms with van der Waals surface area (Å²) in [6.07, 6.45) is -1.51. The number of hydrogen-bond donors (Lipinski definition) is 0. The molecule has 0 saturated heterocycles. The molecule has 0 radical (unpaired) electrons. The molecule has 1 rings (SSSR count). The lowest BCUT2D eigenvalue weighted by molar-refractivity contribution is 0.0517. The van der Waals surface area contributed by atoms with Crippen LogP contribution in [0.25, 0.3) is 0 Å². The van der Waals surface area contributed by atoms with E-state index in [9.17, 15) is 13.6 Å². The van der Waals surface area contributed by atoms with Crippen molar-refractivity contribution >= 4 is 37.8 Å². The molecule has 0 unspecified atom stereocenters. The number of hydrogen-bond acceptors (Lipinski definition) is 3. The molecule has 0 aliphatic carbocycles. The maximum absolute atomic E-state index is 12.9. The summed E-state index contributed by atoms with van der Waals surface area (Å²) in [4.78, 5) is 15.4. The van der Waals surface area contributed by atoms with Gasteiger partial charge in [-0.1, -0.05) is 15.9 Å². The number of rotatable bonds is 4. The Labute approximate surface area is 114 Å². The maximum Gasteiger partial charge on any atom is 0.357 e. The van der Waals surface area contributed by atoms with Gasteiger partial charge < -0.3 is 4.74 Å². The maximum atomic E-state index is 12.9. The Balaban J connectivity index is 3.32. The SMILES string of the molecule is CCOC(=O)c1ncc(Br)c(C(F)F)c1CBr. The molecule has 17 heavy (non-hydrogen) atoms. The molecule has 0 amide bonds. The number of esters is 1. The van der Waals surface area contributed by atoms with Gasteiger partial charge in [0, 0.05) is 27.1 Å². The van der Waals surface area contributed by atoms with Crippen molar-refractivity contribution in [3.05, 3.63) is 27.5 Å². The van der Waals surface area contributed by atoms with Crippen molar-refractivity contribution in [2.75, 3.05) is 6.61 Å². The first-order chi connectivity index (χ1) is 8.02. The van der Waals surface area contributed by atoms with E-state index in [2.05, 4.69) is 36.8 Å². The Hall–Kier alpha value is -0.560. The molecule has 0 spiro atoms. The van der Waals surface area contributed by atoms with E-state index >= 15 is 0 Å². The predicted molar refractivity (Wildman–Crippen MR) is 65.5 cm³/mol. The fourth-order valence-corrected chi connectivity index (χ4v) is 2.37. The quantitative estimate of drug-likeness (QED) is 0.595. The first kappa shape index (κ1) is 14.5. The molecular weight excluding hydrogens is 364 g/mol. The van der Waals surface area contributed by atoms with Crippen molar-refractivity contribution in [2.45, 2.75) is 18.7 Å². The summed E-state index contributed by atoms with van der Waals surface area (Å²) in [6.45, 7) is 1.81. The minimum Gasteiger partial charge on any atom is -0.461 e. The van der Waals surface area contributed by atoms with Gasteiger partial charge >= 0.3 is 5.97 Å². The Morgan fingerprint density at radius 3 is 2.71 bits per heavy atom. The first-order valence-electron chi connectivity index (χ1n) is 4.71. The Kier molecular flexibility index (Phi) is 5.45. The molecule has 0 atom stereocenters. The van der Waals surface area contributed by atoms with Gasteiger partial charge in [-0.2, -0.15) is 0 Å². The van der Waals surface area contributed by atoms with Crippen molar-refractivity contribution < 1.29 is 18.3 Å². The number of aromatic nitrogens is 1. The van der Waals surface area contributed by atoms with Crippen molar-refractivity contribution in [3.63, 3.8) is 0 Å². The number of halogens is 4. The van der Waals surface area contributed by atoms with Gasteiger partial charge in [-0.3, -0.25) is 0 Å². The van der Waals surface area contributed by atoms with Gasteiger partial charge in [0.2, 0.25) is 0 Å².